The number of aliphatic imine (C=N–C) groups is 1. The van der Waals surface area contributed by atoms with Gasteiger partial charge in [-0.2, -0.15) is 0 Å². The number of hydrogen-bond donors (Lipinski definition) is 2. The van der Waals surface area contributed by atoms with E-state index < -0.39 is 0 Å². The number of ether oxygens (including phenoxy) is 1. The number of methoxy groups -OCH3 is 1. The highest BCUT2D eigenvalue weighted by atomic mass is 16.5. The Labute approximate surface area is 98.6 Å². The molecule has 0 radical (unpaired) electrons. The Hall–Kier alpha value is -0.770. The predicted molar refractivity (Wildman–Crippen MR) is 67.5 cm³/mol. The number of hydrogen-bond acceptors (Lipinski definition) is 2. The van der Waals surface area contributed by atoms with Crippen LogP contribution in [0.15, 0.2) is 4.99 Å². The fourth-order valence-electron chi connectivity index (χ4n) is 2.16. The highest BCUT2D eigenvalue weighted by molar-refractivity contribution is 5.78. The average molecular weight is 227 g/mol. The van der Waals surface area contributed by atoms with Crippen LogP contribution in [-0.2, 0) is 4.74 Å². The third-order valence-corrected chi connectivity index (χ3v) is 3.96. The average Bonchev–Trinajstić information content (AvgIpc) is 2.15. The SMILES string of the molecule is COC1(C)CC(N=C(N)NC(C)C)C1(C)C. The monoisotopic (exact) mass is 227 g/mol. The molecule has 0 spiro atoms. The second-order valence-corrected chi connectivity index (χ2v) is 5.69. The van der Waals surface area contributed by atoms with E-state index in [0.29, 0.717) is 12.0 Å². The lowest BCUT2D eigenvalue weighted by molar-refractivity contribution is -0.171. The fourth-order valence-corrected chi connectivity index (χ4v) is 2.16. The number of guanidine groups is 1. The van der Waals surface area contributed by atoms with Crippen LogP contribution < -0.4 is 11.1 Å². The second kappa shape index (κ2) is 4.24. The van der Waals surface area contributed by atoms with Gasteiger partial charge in [-0.15, -0.1) is 0 Å². The minimum atomic E-state index is -0.0841. The van der Waals surface area contributed by atoms with Gasteiger partial charge >= 0.3 is 0 Å². The molecule has 4 nitrogen and oxygen atoms in total. The normalized spacial score (nSPS) is 33.7. The Kier molecular flexibility index (Phi) is 3.53. The molecule has 3 N–H and O–H groups in total. The molecule has 0 bridgehead atoms. The van der Waals surface area contributed by atoms with Crippen molar-refractivity contribution < 1.29 is 4.74 Å². The van der Waals surface area contributed by atoms with Crippen molar-refractivity contribution in [1.82, 2.24) is 5.32 Å². The molecule has 16 heavy (non-hydrogen) atoms. The highest BCUT2D eigenvalue weighted by Gasteiger charge is 2.58. The molecule has 1 rings (SSSR count). The molecule has 1 fully saturated rings. The molecular weight excluding hydrogens is 202 g/mol. The zero-order valence-corrected chi connectivity index (χ0v) is 11.3. The zero-order valence-electron chi connectivity index (χ0n) is 11.3. The standard InChI is InChI=1S/C12H25N3O/c1-8(2)14-10(13)15-9-7-12(5,16-6)11(9,3)4/h8-9H,7H2,1-6H3,(H3,13,14,15). The fraction of sp³-hybridized carbons (Fsp3) is 0.917. The molecule has 2 unspecified atom stereocenters. The van der Waals surface area contributed by atoms with Crippen molar-refractivity contribution in [1.29, 1.82) is 0 Å². The van der Waals surface area contributed by atoms with Crippen molar-refractivity contribution in [3.8, 4) is 0 Å². The summed E-state index contributed by atoms with van der Waals surface area (Å²) < 4.78 is 5.55. The highest BCUT2D eigenvalue weighted by Crippen LogP contribution is 2.53. The van der Waals surface area contributed by atoms with Gasteiger partial charge in [0.15, 0.2) is 5.96 Å². The van der Waals surface area contributed by atoms with E-state index >= 15 is 0 Å². The Balaban J connectivity index is 2.67. The van der Waals surface area contributed by atoms with Crippen LogP contribution >= 0.6 is 0 Å². The molecule has 2 atom stereocenters. The Morgan fingerprint density at radius 3 is 2.38 bits per heavy atom. The number of nitrogens with one attached hydrogen (secondary N) is 1. The van der Waals surface area contributed by atoms with Gasteiger partial charge in [0.25, 0.3) is 0 Å². The van der Waals surface area contributed by atoms with Gasteiger partial charge in [-0.25, -0.2) is 4.99 Å². The number of rotatable bonds is 3. The van der Waals surface area contributed by atoms with Crippen molar-refractivity contribution in [2.24, 2.45) is 16.1 Å². The first-order chi connectivity index (χ1) is 7.23. The lowest BCUT2D eigenvalue weighted by Crippen LogP contribution is -2.63. The second-order valence-electron chi connectivity index (χ2n) is 5.69. The summed E-state index contributed by atoms with van der Waals surface area (Å²) in [4.78, 5) is 4.52. The van der Waals surface area contributed by atoms with E-state index in [9.17, 15) is 0 Å². The van der Waals surface area contributed by atoms with Crippen molar-refractivity contribution in [3.05, 3.63) is 0 Å². The lowest BCUT2D eigenvalue weighted by atomic mass is 9.56. The van der Waals surface area contributed by atoms with Crippen molar-refractivity contribution in [2.75, 3.05) is 7.11 Å². The van der Waals surface area contributed by atoms with Crippen LogP contribution in [0.4, 0.5) is 0 Å². The summed E-state index contributed by atoms with van der Waals surface area (Å²) in [6, 6.07) is 0.560. The summed E-state index contributed by atoms with van der Waals surface area (Å²) >= 11 is 0. The van der Waals surface area contributed by atoms with Gasteiger partial charge in [-0.05, 0) is 27.2 Å². The Morgan fingerprint density at radius 2 is 2.00 bits per heavy atom. The summed E-state index contributed by atoms with van der Waals surface area (Å²) in [5, 5.41) is 3.11. The van der Waals surface area contributed by atoms with Crippen LogP contribution in [0.1, 0.15) is 41.0 Å². The van der Waals surface area contributed by atoms with Crippen LogP contribution in [-0.4, -0.2) is 30.8 Å². The molecule has 0 aliphatic heterocycles. The summed E-state index contributed by atoms with van der Waals surface area (Å²) in [6.45, 7) is 10.6. The van der Waals surface area contributed by atoms with E-state index in [1.54, 1.807) is 7.11 Å². The molecule has 1 aliphatic rings. The van der Waals surface area contributed by atoms with Gasteiger partial charge in [0.1, 0.15) is 0 Å². The molecule has 0 aromatic carbocycles. The first kappa shape index (κ1) is 13.3. The molecule has 0 aromatic heterocycles. The van der Waals surface area contributed by atoms with Gasteiger partial charge in [0.2, 0.25) is 0 Å². The Morgan fingerprint density at radius 1 is 1.44 bits per heavy atom. The van der Waals surface area contributed by atoms with E-state index in [1.807, 2.05) is 13.8 Å². The van der Waals surface area contributed by atoms with Crippen LogP contribution in [0.3, 0.4) is 0 Å². The molecule has 1 aliphatic carbocycles. The van der Waals surface area contributed by atoms with E-state index in [0.717, 1.165) is 6.42 Å². The minimum absolute atomic E-state index is 0.0328. The maximum absolute atomic E-state index is 5.83. The van der Waals surface area contributed by atoms with Crippen molar-refractivity contribution in [3.63, 3.8) is 0 Å². The maximum atomic E-state index is 5.83. The van der Waals surface area contributed by atoms with Crippen LogP contribution in [0.2, 0.25) is 0 Å². The molecule has 94 valence electrons. The van der Waals surface area contributed by atoms with Crippen molar-refractivity contribution in [2.45, 2.75) is 58.7 Å². The molecule has 0 aromatic rings. The van der Waals surface area contributed by atoms with Crippen LogP contribution in [0.5, 0.6) is 0 Å². The topological polar surface area (TPSA) is 59.6 Å². The van der Waals surface area contributed by atoms with Gasteiger partial charge in [-0.3, -0.25) is 0 Å². The summed E-state index contributed by atoms with van der Waals surface area (Å²) in [5.74, 6) is 0.534. The smallest absolute Gasteiger partial charge is 0.189 e. The van der Waals surface area contributed by atoms with E-state index in [1.165, 1.54) is 0 Å². The van der Waals surface area contributed by atoms with Gasteiger partial charge in [-0.1, -0.05) is 13.8 Å². The summed E-state index contributed by atoms with van der Waals surface area (Å²) in [7, 11) is 1.76. The predicted octanol–water partition coefficient (Wildman–Crippen LogP) is 1.50. The molecule has 0 heterocycles. The van der Waals surface area contributed by atoms with Gasteiger partial charge < -0.3 is 15.8 Å². The summed E-state index contributed by atoms with van der Waals surface area (Å²) in [5.41, 5.74) is 5.78. The number of nitrogens with zero attached hydrogens (tertiary/aromatic N) is 1. The first-order valence-corrected chi connectivity index (χ1v) is 5.88. The Bertz CT molecular complexity index is 286. The third-order valence-electron chi connectivity index (χ3n) is 3.96. The quantitative estimate of drug-likeness (QED) is 0.567. The van der Waals surface area contributed by atoms with E-state index in [-0.39, 0.29) is 17.1 Å². The molecule has 4 heteroatoms. The van der Waals surface area contributed by atoms with E-state index in [4.69, 9.17) is 10.5 Å². The first-order valence-electron chi connectivity index (χ1n) is 5.88. The maximum Gasteiger partial charge on any atom is 0.189 e. The van der Waals surface area contributed by atoms with Crippen molar-refractivity contribution >= 4 is 5.96 Å². The molecule has 1 saturated carbocycles. The third kappa shape index (κ3) is 2.17. The molecular formula is C12H25N3O. The van der Waals surface area contributed by atoms with Crippen LogP contribution in [0.25, 0.3) is 0 Å². The molecule has 0 saturated heterocycles. The van der Waals surface area contributed by atoms with Gasteiger partial charge in [0.05, 0.1) is 11.6 Å². The minimum Gasteiger partial charge on any atom is -0.378 e. The van der Waals surface area contributed by atoms with E-state index in [2.05, 4.69) is 31.1 Å². The number of nitrogens with two attached hydrogens (primary N) is 1. The van der Waals surface area contributed by atoms with Crippen LogP contribution in [0, 0.1) is 5.41 Å². The largest absolute Gasteiger partial charge is 0.378 e. The summed E-state index contributed by atoms with van der Waals surface area (Å²) in [6.07, 6.45) is 0.928. The van der Waals surface area contributed by atoms with Gasteiger partial charge in [0, 0.05) is 18.6 Å². The molecule has 0 amide bonds. The zero-order chi connectivity index (χ0) is 12.6. The lowest BCUT2D eigenvalue weighted by Gasteiger charge is -2.57.